The van der Waals surface area contributed by atoms with E-state index in [1.165, 1.54) is 35.4 Å². The minimum atomic E-state index is -0.644. The first-order valence-electron chi connectivity index (χ1n) is 9.92. The molecule has 6 nitrogen and oxygen atoms in total. The van der Waals surface area contributed by atoms with Gasteiger partial charge in [-0.05, 0) is 54.4 Å². The summed E-state index contributed by atoms with van der Waals surface area (Å²) >= 11 is 7.39. The zero-order valence-corrected chi connectivity index (χ0v) is 18.7. The minimum Gasteiger partial charge on any atom is -0.467 e. The molecule has 2 amide bonds. The average Bonchev–Trinajstić information content (AvgIpc) is 3.44. The monoisotopic (exact) mass is 481 g/mol. The number of nitrogens with zero attached hydrogens (tertiary/aromatic N) is 2. The van der Waals surface area contributed by atoms with Crippen LogP contribution in [0.15, 0.2) is 81.9 Å². The van der Waals surface area contributed by atoms with Gasteiger partial charge in [0.15, 0.2) is 0 Å². The minimum absolute atomic E-state index is 0.0858. The number of halogens is 2. The first kappa shape index (κ1) is 22.6. The number of hydrogen-bond donors (Lipinski definition) is 1. The molecule has 1 unspecified atom stereocenters. The summed E-state index contributed by atoms with van der Waals surface area (Å²) in [5, 5.41) is 12.5. The molecule has 9 heteroatoms. The number of nitrogens with one attached hydrogen (secondary N) is 1. The lowest BCUT2D eigenvalue weighted by molar-refractivity contribution is -0.117. The summed E-state index contributed by atoms with van der Waals surface area (Å²) in [6.07, 6.45) is 1.78. The first-order chi connectivity index (χ1) is 16.0. The van der Waals surface area contributed by atoms with E-state index in [2.05, 4.69) is 5.32 Å². The molecular formula is C24H17ClFN3O3S. The lowest BCUT2D eigenvalue weighted by atomic mass is 10.1. The smallest absolute Gasteiger partial charge is 0.265 e. The van der Waals surface area contributed by atoms with Crippen LogP contribution in [0.1, 0.15) is 11.3 Å². The molecule has 1 N–H and O–H groups in total. The van der Waals surface area contributed by atoms with Crippen LogP contribution in [0, 0.1) is 17.1 Å². The Bertz CT molecular complexity index is 1250. The topological polar surface area (TPSA) is 86.3 Å². The van der Waals surface area contributed by atoms with Crippen LogP contribution in [0.4, 0.5) is 10.1 Å². The summed E-state index contributed by atoms with van der Waals surface area (Å²) in [6, 6.07) is 17.8. The third kappa shape index (κ3) is 4.95. The van der Waals surface area contributed by atoms with E-state index in [9.17, 15) is 19.2 Å². The molecule has 0 saturated carbocycles. The number of carbonyl (C=O) groups is 2. The molecule has 1 saturated heterocycles. The Hall–Kier alpha value is -3.54. The van der Waals surface area contributed by atoms with Gasteiger partial charge in [0.05, 0.1) is 18.1 Å². The van der Waals surface area contributed by atoms with Crippen LogP contribution in [0.25, 0.3) is 0 Å². The average molecular weight is 482 g/mol. The maximum Gasteiger partial charge on any atom is 0.265 e. The van der Waals surface area contributed by atoms with E-state index in [4.69, 9.17) is 16.0 Å². The number of hydrogen-bond acceptors (Lipinski definition) is 5. The molecule has 4 rings (SSSR count). The van der Waals surface area contributed by atoms with E-state index in [1.54, 1.807) is 24.3 Å². The normalized spacial score (nSPS) is 17.1. The molecule has 0 radical (unpaired) electrons. The van der Waals surface area contributed by atoms with Gasteiger partial charge in [-0.2, -0.15) is 5.26 Å². The van der Waals surface area contributed by atoms with E-state index >= 15 is 0 Å². The Labute approximate surface area is 198 Å². The molecule has 1 aromatic heterocycles. The van der Waals surface area contributed by atoms with Crippen LogP contribution >= 0.6 is 23.4 Å². The van der Waals surface area contributed by atoms with Crippen LogP contribution in [0.3, 0.4) is 0 Å². The quantitative estimate of drug-likeness (QED) is 0.403. The van der Waals surface area contributed by atoms with Crippen molar-refractivity contribution in [2.24, 2.45) is 0 Å². The zero-order chi connectivity index (χ0) is 23.4. The summed E-state index contributed by atoms with van der Waals surface area (Å²) in [5.74, 6) is -0.913. The number of thioether (sulfide) groups is 1. The maximum atomic E-state index is 13.5. The van der Waals surface area contributed by atoms with Gasteiger partial charge in [0, 0.05) is 10.7 Å². The van der Waals surface area contributed by atoms with Gasteiger partial charge < -0.3 is 9.73 Å². The highest BCUT2D eigenvalue weighted by molar-refractivity contribution is 8.05. The molecular weight excluding hydrogens is 465 g/mol. The van der Waals surface area contributed by atoms with Crippen molar-refractivity contribution in [1.82, 2.24) is 5.32 Å². The van der Waals surface area contributed by atoms with Crippen molar-refractivity contribution in [3.8, 4) is 6.07 Å². The molecule has 0 spiro atoms. The van der Waals surface area contributed by atoms with Crippen LogP contribution in [0.2, 0.25) is 5.02 Å². The largest absolute Gasteiger partial charge is 0.467 e. The van der Waals surface area contributed by atoms with Crippen molar-refractivity contribution in [3.05, 3.63) is 99.7 Å². The van der Waals surface area contributed by atoms with Crippen LogP contribution in [-0.2, 0) is 22.6 Å². The predicted molar refractivity (Wildman–Crippen MR) is 124 cm³/mol. The second-order valence-corrected chi connectivity index (χ2v) is 8.70. The number of nitriles is 1. The van der Waals surface area contributed by atoms with Crippen molar-refractivity contribution in [2.45, 2.75) is 18.2 Å². The number of anilines is 1. The van der Waals surface area contributed by atoms with Gasteiger partial charge in [-0.25, -0.2) is 4.39 Å². The summed E-state index contributed by atoms with van der Waals surface area (Å²) in [6.45, 7) is 0.0858. The van der Waals surface area contributed by atoms with Gasteiger partial charge >= 0.3 is 0 Å². The SMILES string of the molecule is N#C/C(C(=O)NCc1ccco1)=C1/SC(Cc2ccccc2Cl)C(=O)N1c1ccc(F)cc1. The van der Waals surface area contributed by atoms with E-state index in [0.29, 0.717) is 22.9 Å². The molecule has 3 aromatic rings. The standard InChI is InChI=1S/C24H17ClFN3O3S/c25-20-6-2-1-4-15(20)12-21-23(31)29(17-9-7-16(26)8-10-17)24(33-21)19(13-27)22(30)28-14-18-5-3-11-32-18/h1-11,21H,12,14H2,(H,28,30)/b24-19-. The predicted octanol–water partition coefficient (Wildman–Crippen LogP) is 4.81. The van der Waals surface area contributed by atoms with Crippen LogP contribution in [0.5, 0.6) is 0 Å². The molecule has 0 aliphatic carbocycles. The Morgan fingerprint density at radius 3 is 2.61 bits per heavy atom. The fourth-order valence-electron chi connectivity index (χ4n) is 3.34. The Morgan fingerprint density at radius 2 is 1.94 bits per heavy atom. The van der Waals surface area contributed by atoms with Gasteiger partial charge in [-0.3, -0.25) is 14.5 Å². The molecule has 1 aliphatic rings. The number of furan rings is 1. The van der Waals surface area contributed by atoms with Crippen LogP contribution < -0.4 is 10.2 Å². The Morgan fingerprint density at radius 1 is 1.18 bits per heavy atom. The zero-order valence-electron chi connectivity index (χ0n) is 17.1. The van der Waals surface area contributed by atoms with Gasteiger partial charge in [-0.1, -0.05) is 41.6 Å². The lowest BCUT2D eigenvalue weighted by Crippen LogP contribution is -2.32. The fraction of sp³-hybridized carbons (Fsp3) is 0.125. The van der Waals surface area contributed by atoms with Gasteiger partial charge in [0.25, 0.3) is 5.91 Å². The third-order valence-electron chi connectivity index (χ3n) is 4.96. The molecule has 1 aliphatic heterocycles. The molecule has 1 fully saturated rings. The summed E-state index contributed by atoms with van der Waals surface area (Å²) in [7, 11) is 0. The molecule has 2 heterocycles. The van der Waals surface area contributed by atoms with E-state index in [0.717, 1.165) is 17.3 Å². The number of rotatable bonds is 6. The van der Waals surface area contributed by atoms with E-state index < -0.39 is 17.0 Å². The van der Waals surface area contributed by atoms with Crippen molar-refractivity contribution >= 4 is 40.9 Å². The Kier molecular flexibility index (Phi) is 6.82. The second kappa shape index (κ2) is 9.94. The molecule has 166 valence electrons. The highest BCUT2D eigenvalue weighted by atomic mass is 35.5. The fourth-order valence-corrected chi connectivity index (χ4v) is 4.85. The number of carbonyl (C=O) groups excluding carboxylic acids is 2. The maximum absolute atomic E-state index is 13.5. The molecule has 33 heavy (non-hydrogen) atoms. The highest BCUT2D eigenvalue weighted by Crippen LogP contribution is 2.42. The van der Waals surface area contributed by atoms with Crippen molar-refractivity contribution in [1.29, 1.82) is 5.26 Å². The van der Waals surface area contributed by atoms with Gasteiger partial charge in [-0.15, -0.1) is 0 Å². The third-order valence-corrected chi connectivity index (χ3v) is 6.59. The molecule has 2 aromatic carbocycles. The van der Waals surface area contributed by atoms with E-state index in [1.807, 2.05) is 18.2 Å². The number of amides is 2. The summed E-state index contributed by atoms with van der Waals surface area (Å²) < 4.78 is 18.7. The van der Waals surface area contributed by atoms with Crippen molar-refractivity contribution < 1.29 is 18.4 Å². The molecule has 0 bridgehead atoms. The number of benzene rings is 2. The van der Waals surface area contributed by atoms with Crippen molar-refractivity contribution in [2.75, 3.05) is 4.90 Å². The van der Waals surface area contributed by atoms with Gasteiger partial charge in [0.1, 0.15) is 28.2 Å². The lowest BCUT2D eigenvalue weighted by Gasteiger charge is -2.18. The Balaban J connectivity index is 1.69. The van der Waals surface area contributed by atoms with E-state index in [-0.39, 0.29) is 23.1 Å². The summed E-state index contributed by atoms with van der Waals surface area (Å²) in [5.41, 5.74) is 0.911. The van der Waals surface area contributed by atoms with Crippen molar-refractivity contribution in [3.63, 3.8) is 0 Å². The highest BCUT2D eigenvalue weighted by Gasteiger charge is 2.41. The second-order valence-electron chi connectivity index (χ2n) is 7.11. The first-order valence-corrected chi connectivity index (χ1v) is 11.2. The summed E-state index contributed by atoms with van der Waals surface area (Å²) in [4.78, 5) is 27.5. The molecule has 1 atom stereocenters. The van der Waals surface area contributed by atoms with Gasteiger partial charge in [0.2, 0.25) is 5.91 Å². The van der Waals surface area contributed by atoms with Crippen LogP contribution in [-0.4, -0.2) is 17.1 Å².